The molecule has 0 saturated carbocycles. The van der Waals surface area contributed by atoms with E-state index >= 15 is 0 Å². The van der Waals surface area contributed by atoms with Crippen molar-refractivity contribution in [1.29, 1.82) is 0 Å². The zero-order valence-electron chi connectivity index (χ0n) is 10.7. The fraction of sp³-hybridized carbons (Fsp3) is 0.700. The van der Waals surface area contributed by atoms with Gasteiger partial charge in [0.05, 0.1) is 18.5 Å². The Morgan fingerprint density at radius 2 is 2.05 bits per heavy atom. The summed E-state index contributed by atoms with van der Waals surface area (Å²) in [5, 5.41) is 6.25. The largest absolute Gasteiger partial charge is 0.433 e. The van der Waals surface area contributed by atoms with E-state index in [1.165, 1.54) is 14.0 Å². The van der Waals surface area contributed by atoms with Gasteiger partial charge in [0, 0.05) is 17.9 Å². The van der Waals surface area contributed by atoms with Crippen molar-refractivity contribution in [3.8, 4) is 0 Å². The molecule has 5 nitrogen and oxygen atoms in total. The molecule has 1 aromatic rings. The molecule has 19 heavy (non-hydrogen) atoms. The molecule has 0 saturated heterocycles. The standard InChI is InChI=1S/C10H16F3N3O2S/c1-3-19(17,18)5-4-16-9(10(11,12)13)8(6-14-2)7-15-16/h7,14H,3-6H2,1-2H3. The van der Waals surface area contributed by atoms with Gasteiger partial charge in [0.25, 0.3) is 0 Å². The van der Waals surface area contributed by atoms with Gasteiger partial charge in [-0.1, -0.05) is 6.92 Å². The third-order valence-corrected chi connectivity index (χ3v) is 4.29. The van der Waals surface area contributed by atoms with Crippen LogP contribution in [-0.2, 0) is 29.1 Å². The van der Waals surface area contributed by atoms with Gasteiger partial charge in [-0.05, 0) is 7.05 Å². The van der Waals surface area contributed by atoms with E-state index in [1.54, 1.807) is 0 Å². The Bertz CT molecular complexity index is 523. The lowest BCUT2D eigenvalue weighted by Crippen LogP contribution is -2.22. The Kier molecular flexibility index (Phi) is 4.97. The Hall–Kier alpha value is -1.09. The zero-order valence-corrected chi connectivity index (χ0v) is 11.5. The maximum atomic E-state index is 12.9. The maximum Gasteiger partial charge on any atom is 0.433 e. The summed E-state index contributed by atoms with van der Waals surface area (Å²) in [5.41, 5.74) is -0.892. The summed E-state index contributed by atoms with van der Waals surface area (Å²) >= 11 is 0. The first kappa shape index (κ1) is 16.0. The molecule has 0 aliphatic carbocycles. The average molecular weight is 299 g/mol. The molecule has 0 unspecified atom stereocenters. The predicted molar refractivity (Wildman–Crippen MR) is 64.3 cm³/mol. The van der Waals surface area contributed by atoms with Crippen LogP contribution >= 0.6 is 0 Å². The predicted octanol–water partition coefficient (Wildman–Crippen LogP) is 1.06. The van der Waals surface area contributed by atoms with Crippen molar-refractivity contribution in [3.63, 3.8) is 0 Å². The maximum absolute atomic E-state index is 12.9. The van der Waals surface area contributed by atoms with Gasteiger partial charge in [0.1, 0.15) is 5.69 Å². The lowest BCUT2D eigenvalue weighted by atomic mass is 10.2. The van der Waals surface area contributed by atoms with Gasteiger partial charge in [0.2, 0.25) is 0 Å². The highest BCUT2D eigenvalue weighted by atomic mass is 32.2. The summed E-state index contributed by atoms with van der Waals surface area (Å²) in [6.07, 6.45) is -3.45. The first-order valence-electron chi connectivity index (χ1n) is 5.68. The number of nitrogens with one attached hydrogen (secondary N) is 1. The van der Waals surface area contributed by atoms with Crippen LogP contribution in [0.25, 0.3) is 0 Å². The number of rotatable bonds is 6. The van der Waals surface area contributed by atoms with Crippen molar-refractivity contribution in [1.82, 2.24) is 15.1 Å². The van der Waals surface area contributed by atoms with E-state index in [0.717, 1.165) is 6.20 Å². The molecule has 0 atom stereocenters. The van der Waals surface area contributed by atoms with Crippen molar-refractivity contribution in [2.45, 2.75) is 26.2 Å². The van der Waals surface area contributed by atoms with Gasteiger partial charge < -0.3 is 5.32 Å². The van der Waals surface area contributed by atoms with Gasteiger partial charge in [-0.25, -0.2) is 8.42 Å². The summed E-state index contributed by atoms with van der Waals surface area (Å²) in [6, 6.07) is 0. The van der Waals surface area contributed by atoms with Crippen molar-refractivity contribution in [2.75, 3.05) is 18.6 Å². The molecule has 1 rings (SSSR count). The third kappa shape index (κ3) is 4.20. The Morgan fingerprint density at radius 1 is 1.42 bits per heavy atom. The number of alkyl halides is 3. The summed E-state index contributed by atoms with van der Waals surface area (Å²) < 4.78 is 62.2. The number of aromatic nitrogens is 2. The molecule has 0 fully saturated rings. The van der Waals surface area contributed by atoms with Crippen LogP contribution in [0.1, 0.15) is 18.2 Å². The van der Waals surface area contributed by atoms with Crippen LogP contribution in [0.4, 0.5) is 13.2 Å². The fourth-order valence-electron chi connectivity index (χ4n) is 1.61. The van der Waals surface area contributed by atoms with Crippen LogP contribution in [0.15, 0.2) is 6.20 Å². The minimum absolute atomic E-state index is 0.00361. The number of sulfone groups is 1. The molecule has 0 spiro atoms. The molecular formula is C10H16F3N3O2S. The number of nitrogens with zero attached hydrogens (tertiary/aromatic N) is 2. The summed E-state index contributed by atoms with van der Waals surface area (Å²) in [7, 11) is -1.80. The van der Waals surface area contributed by atoms with Crippen LogP contribution in [0.5, 0.6) is 0 Å². The van der Waals surface area contributed by atoms with Crippen molar-refractivity contribution in [3.05, 3.63) is 17.5 Å². The fourth-order valence-corrected chi connectivity index (χ4v) is 2.35. The van der Waals surface area contributed by atoms with Crippen molar-refractivity contribution >= 4 is 9.84 Å². The lowest BCUT2D eigenvalue weighted by molar-refractivity contribution is -0.144. The van der Waals surface area contributed by atoms with E-state index in [0.29, 0.717) is 4.68 Å². The molecule has 0 aliphatic rings. The van der Waals surface area contributed by atoms with Gasteiger partial charge in [0.15, 0.2) is 9.84 Å². The second-order valence-electron chi connectivity index (χ2n) is 4.01. The monoisotopic (exact) mass is 299 g/mol. The van der Waals surface area contributed by atoms with Crippen LogP contribution in [0, 0.1) is 0 Å². The first-order valence-corrected chi connectivity index (χ1v) is 7.50. The minimum Gasteiger partial charge on any atom is -0.316 e. The average Bonchev–Trinajstić information content (AvgIpc) is 2.70. The Labute approximate surface area is 109 Å². The number of aryl methyl sites for hydroxylation is 1. The topological polar surface area (TPSA) is 64.0 Å². The molecule has 0 radical (unpaired) electrons. The third-order valence-electron chi connectivity index (χ3n) is 2.60. The SMILES string of the molecule is CCS(=O)(=O)CCn1ncc(CNC)c1C(F)(F)F. The molecule has 1 aromatic heterocycles. The van der Waals surface area contributed by atoms with Crippen molar-refractivity contribution in [2.24, 2.45) is 0 Å². The van der Waals surface area contributed by atoms with Crippen LogP contribution in [0.3, 0.4) is 0 Å². The molecular weight excluding hydrogens is 283 g/mol. The molecule has 1 heterocycles. The lowest BCUT2D eigenvalue weighted by Gasteiger charge is -2.12. The molecule has 0 amide bonds. The Morgan fingerprint density at radius 3 is 2.53 bits per heavy atom. The number of hydrogen-bond acceptors (Lipinski definition) is 4. The van der Waals surface area contributed by atoms with E-state index < -0.39 is 21.7 Å². The first-order chi connectivity index (χ1) is 8.71. The van der Waals surface area contributed by atoms with E-state index in [-0.39, 0.29) is 30.2 Å². The van der Waals surface area contributed by atoms with Gasteiger partial charge in [-0.3, -0.25) is 4.68 Å². The normalized spacial score (nSPS) is 12.9. The van der Waals surface area contributed by atoms with Crippen LogP contribution < -0.4 is 5.32 Å². The Balaban J connectivity index is 3.02. The second kappa shape index (κ2) is 5.91. The molecule has 110 valence electrons. The van der Waals surface area contributed by atoms with E-state index in [1.807, 2.05) is 0 Å². The summed E-state index contributed by atoms with van der Waals surface area (Å²) in [4.78, 5) is 0. The van der Waals surface area contributed by atoms with E-state index in [9.17, 15) is 21.6 Å². The highest BCUT2D eigenvalue weighted by Gasteiger charge is 2.37. The number of hydrogen-bond donors (Lipinski definition) is 1. The van der Waals surface area contributed by atoms with Crippen LogP contribution in [-0.4, -0.2) is 36.8 Å². The van der Waals surface area contributed by atoms with Gasteiger partial charge in [-0.15, -0.1) is 0 Å². The van der Waals surface area contributed by atoms with Gasteiger partial charge in [-0.2, -0.15) is 18.3 Å². The molecule has 0 aliphatic heterocycles. The summed E-state index contributed by atoms with van der Waals surface area (Å²) in [5.74, 6) is -0.452. The molecule has 9 heteroatoms. The van der Waals surface area contributed by atoms with E-state index in [4.69, 9.17) is 0 Å². The summed E-state index contributed by atoms with van der Waals surface area (Å²) in [6.45, 7) is 1.18. The molecule has 0 aromatic carbocycles. The van der Waals surface area contributed by atoms with Crippen molar-refractivity contribution < 1.29 is 21.6 Å². The number of halogens is 3. The second-order valence-corrected chi connectivity index (χ2v) is 6.48. The highest BCUT2D eigenvalue weighted by molar-refractivity contribution is 7.91. The molecule has 1 N–H and O–H groups in total. The zero-order chi connectivity index (χ0) is 14.7. The smallest absolute Gasteiger partial charge is 0.316 e. The quantitative estimate of drug-likeness (QED) is 0.853. The highest BCUT2D eigenvalue weighted by Crippen LogP contribution is 2.32. The van der Waals surface area contributed by atoms with Crippen LogP contribution in [0.2, 0.25) is 0 Å². The van der Waals surface area contributed by atoms with E-state index in [2.05, 4.69) is 10.4 Å². The minimum atomic E-state index is -4.56. The van der Waals surface area contributed by atoms with Gasteiger partial charge >= 0.3 is 6.18 Å². The molecule has 0 bridgehead atoms.